The number of hydroxylamine groups is 1. The van der Waals surface area contributed by atoms with Crippen molar-refractivity contribution in [3.8, 4) is 0 Å². The second kappa shape index (κ2) is 9.22. The van der Waals surface area contributed by atoms with Crippen molar-refractivity contribution in [2.75, 3.05) is 6.54 Å². The van der Waals surface area contributed by atoms with E-state index < -0.39 is 11.9 Å². The zero-order chi connectivity index (χ0) is 17.4. The van der Waals surface area contributed by atoms with Gasteiger partial charge in [-0.05, 0) is 30.1 Å². The van der Waals surface area contributed by atoms with Gasteiger partial charge in [0.1, 0.15) is 6.04 Å². The van der Waals surface area contributed by atoms with Gasteiger partial charge in [0.05, 0.1) is 6.54 Å². The zero-order valence-corrected chi connectivity index (χ0v) is 14.4. The standard InChI is InChI=1S/C8H13N3O3S.C8H10/c1-4(2)6(7(13)10-14)11-5(12)3-9-8(11)15;1-2-8-6-4-3-5-7-8/h4,6,14H,3H2,1-2H3,(H,9,15)(H,10,13);3-7H,2H2,1H3. The molecule has 0 bridgehead atoms. The number of nitrogens with one attached hydrogen (secondary N) is 2. The normalized spacial score (nSPS) is 14.9. The van der Waals surface area contributed by atoms with Crippen molar-refractivity contribution in [1.29, 1.82) is 0 Å². The van der Waals surface area contributed by atoms with Crippen LogP contribution >= 0.6 is 12.2 Å². The van der Waals surface area contributed by atoms with E-state index in [1.54, 1.807) is 19.3 Å². The number of carbonyl (C=O) groups is 2. The molecule has 7 heteroatoms. The molecule has 1 unspecified atom stereocenters. The molecule has 1 fully saturated rings. The molecular weight excluding hydrogens is 314 g/mol. The monoisotopic (exact) mass is 337 g/mol. The average molecular weight is 337 g/mol. The second-order valence-electron chi connectivity index (χ2n) is 5.43. The van der Waals surface area contributed by atoms with E-state index in [2.05, 4.69) is 36.5 Å². The van der Waals surface area contributed by atoms with Gasteiger partial charge >= 0.3 is 0 Å². The molecule has 3 N–H and O–H groups in total. The maximum atomic E-state index is 11.5. The van der Waals surface area contributed by atoms with Gasteiger partial charge in [-0.15, -0.1) is 0 Å². The number of rotatable bonds is 4. The van der Waals surface area contributed by atoms with Gasteiger partial charge in [-0.2, -0.15) is 0 Å². The summed E-state index contributed by atoms with van der Waals surface area (Å²) in [4.78, 5) is 24.1. The van der Waals surface area contributed by atoms with Crippen LogP contribution in [0.25, 0.3) is 0 Å². The summed E-state index contributed by atoms with van der Waals surface area (Å²) in [5.74, 6) is -1.04. The minimum Gasteiger partial charge on any atom is -0.353 e. The van der Waals surface area contributed by atoms with Crippen LogP contribution in [0.2, 0.25) is 0 Å². The molecule has 23 heavy (non-hydrogen) atoms. The summed E-state index contributed by atoms with van der Waals surface area (Å²) < 4.78 is 0. The average Bonchev–Trinajstić information content (AvgIpc) is 2.88. The number of nitrogens with zero attached hydrogens (tertiary/aromatic N) is 1. The lowest BCUT2D eigenvalue weighted by molar-refractivity contribution is -0.140. The molecule has 0 saturated carbocycles. The van der Waals surface area contributed by atoms with Gasteiger partial charge in [0.25, 0.3) is 5.91 Å². The van der Waals surface area contributed by atoms with Crippen molar-refractivity contribution in [3.63, 3.8) is 0 Å². The Morgan fingerprint density at radius 1 is 1.39 bits per heavy atom. The Labute approximate surface area is 141 Å². The molecule has 2 amide bonds. The van der Waals surface area contributed by atoms with Gasteiger partial charge in [0.2, 0.25) is 5.91 Å². The molecule has 1 aliphatic rings. The molecule has 2 rings (SSSR count). The van der Waals surface area contributed by atoms with Crippen LogP contribution < -0.4 is 10.8 Å². The van der Waals surface area contributed by atoms with Crippen LogP contribution in [0.15, 0.2) is 30.3 Å². The molecule has 1 heterocycles. The Hall–Kier alpha value is -1.99. The number of thiocarbonyl (C=S) groups is 1. The van der Waals surface area contributed by atoms with Crippen LogP contribution in [-0.2, 0) is 16.0 Å². The van der Waals surface area contributed by atoms with Crippen LogP contribution in [0.1, 0.15) is 26.3 Å². The predicted molar refractivity (Wildman–Crippen MR) is 91.8 cm³/mol. The van der Waals surface area contributed by atoms with Crippen LogP contribution in [0, 0.1) is 5.92 Å². The third-order valence-electron chi connectivity index (χ3n) is 3.42. The van der Waals surface area contributed by atoms with Crippen molar-refractivity contribution < 1.29 is 14.8 Å². The van der Waals surface area contributed by atoms with Crippen LogP contribution in [0.3, 0.4) is 0 Å². The first-order valence-electron chi connectivity index (χ1n) is 7.50. The summed E-state index contributed by atoms with van der Waals surface area (Å²) >= 11 is 4.91. The minimum absolute atomic E-state index is 0.0980. The number of hydrogen-bond acceptors (Lipinski definition) is 4. The molecule has 1 saturated heterocycles. The molecule has 0 aliphatic carbocycles. The van der Waals surface area contributed by atoms with Crippen LogP contribution in [0.5, 0.6) is 0 Å². The molecule has 1 atom stereocenters. The fourth-order valence-corrected chi connectivity index (χ4v) is 2.50. The summed E-state index contributed by atoms with van der Waals surface area (Å²) in [5.41, 5.74) is 2.95. The maximum Gasteiger partial charge on any atom is 0.266 e. The SMILES string of the molecule is CC(C)C(C(=O)NO)N1C(=O)CNC1=S.CCc1ccccc1. The highest BCUT2D eigenvalue weighted by Crippen LogP contribution is 2.14. The Kier molecular flexibility index (Phi) is 7.64. The Morgan fingerprint density at radius 3 is 2.35 bits per heavy atom. The van der Waals surface area contributed by atoms with Crippen molar-refractivity contribution in [2.24, 2.45) is 5.92 Å². The summed E-state index contributed by atoms with van der Waals surface area (Å²) in [7, 11) is 0. The molecule has 0 spiro atoms. The topological polar surface area (TPSA) is 81.7 Å². The van der Waals surface area contributed by atoms with Crippen molar-refractivity contribution in [1.82, 2.24) is 15.7 Å². The van der Waals surface area contributed by atoms with Gasteiger partial charge in [-0.3, -0.25) is 19.7 Å². The van der Waals surface area contributed by atoms with E-state index >= 15 is 0 Å². The quantitative estimate of drug-likeness (QED) is 0.440. The zero-order valence-electron chi connectivity index (χ0n) is 13.6. The predicted octanol–water partition coefficient (Wildman–Crippen LogP) is 1.48. The summed E-state index contributed by atoms with van der Waals surface area (Å²) in [6, 6.07) is 9.68. The number of carbonyl (C=O) groups excluding carboxylic acids is 2. The smallest absolute Gasteiger partial charge is 0.266 e. The lowest BCUT2D eigenvalue weighted by Gasteiger charge is -2.27. The number of aryl methyl sites for hydroxylation is 1. The lowest BCUT2D eigenvalue weighted by Crippen LogP contribution is -2.51. The Bertz CT molecular complexity index is 533. The molecule has 0 radical (unpaired) electrons. The van der Waals surface area contributed by atoms with Gasteiger partial charge < -0.3 is 5.32 Å². The second-order valence-corrected chi connectivity index (χ2v) is 5.81. The largest absolute Gasteiger partial charge is 0.353 e. The number of benzene rings is 1. The Balaban J connectivity index is 0.000000277. The summed E-state index contributed by atoms with van der Waals surface area (Å²) in [5, 5.41) is 11.5. The highest BCUT2D eigenvalue weighted by atomic mass is 32.1. The first-order chi connectivity index (χ1) is 10.9. The lowest BCUT2D eigenvalue weighted by atomic mass is 10.0. The summed E-state index contributed by atoms with van der Waals surface area (Å²) in [6.45, 7) is 5.80. The van der Waals surface area contributed by atoms with E-state index in [4.69, 9.17) is 17.4 Å². The molecule has 1 aliphatic heterocycles. The van der Waals surface area contributed by atoms with E-state index in [1.165, 1.54) is 10.5 Å². The number of amides is 2. The van der Waals surface area contributed by atoms with Crippen molar-refractivity contribution in [3.05, 3.63) is 35.9 Å². The summed E-state index contributed by atoms with van der Waals surface area (Å²) in [6.07, 6.45) is 1.14. The van der Waals surface area contributed by atoms with E-state index in [0.29, 0.717) is 0 Å². The van der Waals surface area contributed by atoms with Gasteiger partial charge in [-0.25, -0.2) is 5.48 Å². The molecular formula is C16H23N3O3S. The van der Waals surface area contributed by atoms with Crippen LogP contribution in [-0.4, -0.2) is 39.6 Å². The third-order valence-corrected chi connectivity index (χ3v) is 3.76. The van der Waals surface area contributed by atoms with E-state index in [9.17, 15) is 9.59 Å². The maximum absolute atomic E-state index is 11.5. The first kappa shape index (κ1) is 19.1. The van der Waals surface area contributed by atoms with E-state index in [1.807, 2.05) is 6.07 Å². The molecule has 1 aromatic carbocycles. The fraction of sp³-hybridized carbons (Fsp3) is 0.438. The Morgan fingerprint density at radius 2 is 2.00 bits per heavy atom. The molecule has 1 aromatic rings. The van der Waals surface area contributed by atoms with Gasteiger partial charge in [0.15, 0.2) is 5.11 Å². The molecule has 126 valence electrons. The highest BCUT2D eigenvalue weighted by Gasteiger charge is 2.38. The van der Waals surface area contributed by atoms with Gasteiger partial charge in [0, 0.05) is 0 Å². The van der Waals surface area contributed by atoms with Gasteiger partial charge in [-0.1, -0.05) is 51.1 Å². The van der Waals surface area contributed by atoms with Crippen molar-refractivity contribution in [2.45, 2.75) is 33.2 Å². The highest BCUT2D eigenvalue weighted by molar-refractivity contribution is 7.80. The third kappa shape index (κ3) is 5.30. The fourth-order valence-electron chi connectivity index (χ4n) is 2.21. The number of hydrogen-bond donors (Lipinski definition) is 3. The van der Waals surface area contributed by atoms with E-state index in [0.717, 1.165) is 6.42 Å². The molecule has 0 aromatic heterocycles. The first-order valence-corrected chi connectivity index (χ1v) is 7.90. The van der Waals surface area contributed by atoms with Crippen molar-refractivity contribution >= 4 is 29.1 Å². The molecule has 6 nitrogen and oxygen atoms in total. The van der Waals surface area contributed by atoms with E-state index in [-0.39, 0.29) is 23.5 Å². The van der Waals surface area contributed by atoms with Crippen LogP contribution in [0.4, 0.5) is 0 Å². The minimum atomic E-state index is -0.773.